The van der Waals surface area contributed by atoms with Crippen molar-refractivity contribution >= 4 is 28.2 Å². The zero-order chi connectivity index (χ0) is 13.2. The van der Waals surface area contributed by atoms with Gasteiger partial charge in [0.05, 0.1) is 0 Å². The van der Waals surface area contributed by atoms with Gasteiger partial charge in [0.25, 0.3) is 0 Å². The molecule has 5 nitrogen and oxygen atoms in total. The Hall–Kier alpha value is -1.53. The summed E-state index contributed by atoms with van der Waals surface area (Å²) in [5, 5.41) is 7.64. The van der Waals surface area contributed by atoms with Crippen LogP contribution >= 0.6 is 12.2 Å². The third-order valence-corrected chi connectivity index (χ3v) is 4.08. The van der Waals surface area contributed by atoms with Crippen molar-refractivity contribution in [2.75, 3.05) is 20.3 Å². The standard InChI is InChI=1S/C13H15N3O2S/c1-16(10-4-6-17-7-5-10)13(19)9-2-3-11-12(8-9)15-18-14-11/h2-3,8,10H,4-7H2,1H3. The molecule has 2 aromatic rings. The molecule has 0 bridgehead atoms. The third kappa shape index (κ3) is 2.46. The van der Waals surface area contributed by atoms with E-state index in [1.807, 2.05) is 25.2 Å². The average Bonchev–Trinajstić information content (AvgIpc) is 2.94. The molecule has 100 valence electrons. The number of nitrogens with zero attached hydrogens (tertiary/aromatic N) is 3. The van der Waals surface area contributed by atoms with E-state index in [9.17, 15) is 0 Å². The second-order valence-corrected chi connectivity index (χ2v) is 5.11. The quantitative estimate of drug-likeness (QED) is 0.783. The summed E-state index contributed by atoms with van der Waals surface area (Å²) >= 11 is 5.57. The van der Waals surface area contributed by atoms with Gasteiger partial charge in [-0.2, -0.15) is 0 Å². The minimum absolute atomic E-state index is 0.451. The minimum atomic E-state index is 0.451. The lowest BCUT2D eigenvalue weighted by Crippen LogP contribution is -2.40. The molecule has 3 rings (SSSR count). The Morgan fingerprint density at radius 1 is 1.26 bits per heavy atom. The molecule has 1 fully saturated rings. The molecular formula is C13H15N3O2S. The Bertz CT molecular complexity index is 592. The third-order valence-electron chi connectivity index (χ3n) is 3.56. The van der Waals surface area contributed by atoms with Gasteiger partial charge in [0, 0.05) is 31.9 Å². The van der Waals surface area contributed by atoms with Gasteiger partial charge in [-0.05, 0) is 41.4 Å². The molecule has 0 aliphatic carbocycles. The first kappa shape index (κ1) is 12.5. The molecule has 1 aromatic carbocycles. The molecule has 2 heterocycles. The molecule has 1 aromatic heterocycles. The van der Waals surface area contributed by atoms with Crippen molar-refractivity contribution < 1.29 is 9.37 Å². The smallest absolute Gasteiger partial charge is 0.135 e. The molecule has 6 heteroatoms. The van der Waals surface area contributed by atoms with E-state index >= 15 is 0 Å². The Morgan fingerprint density at radius 2 is 2.00 bits per heavy atom. The van der Waals surface area contributed by atoms with Crippen molar-refractivity contribution in [2.45, 2.75) is 18.9 Å². The average molecular weight is 277 g/mol. The van der Waals surface area contributed by atoms with Crippen LogP contribution in [0.2, 0.25) is 0 Å². The van der Waals surface area contributed by atoms with Gasteiger partial charge in [-0.3, -0.25) is 0 Å². The summed E-state index contributed by atoms with van der Waals surface area (Å²) < 4.78 is 10.1. The van der Waals surface area contributed by atoms with E-state index in [0.717, 1.165) is 47.6 Å². The van der Waals surface area contributed by atoms with E-state index in [1.165, 1.54) is 0 Å². The van der Waals surface area contributed by atoms with Gasteiger partial charge < -0.3 is 9.64 Å². The fourth-order valence-corrected chi connectivity index (χ4v) is 2.63. The second kappa shape index (κ2) is 5.22. The number of benzene rings is 1. The van der Waals surface area contributed by atoms with Crippen LogP contribution in [0, 0.1) is 0 Å². The molecular weight excluding hydrogens is 262 g/mol. The van der Waals surface area contributed by atoms with Gasteiger partial charge in [-0.25, -0.2) is 4.63 Å². The summed E-state index contributed by atoms with van der Waals surface area (Å²) in [6.07, 6.45) is 2.04. The molecule has 0 amide bonds. The maximum atomic E-state index is 5.57. The van der Waals surface area contributed by atoms with Crippen LogP contribution in [0.25, 0.3) is 11.0 Å². The van der Waals surface area contributed by atoms with Crippen LogP contribution in [0.3, 0.4) is 0 Å². The number of fused-ring (bicyclic) bond motifs is 1. The molecule has 0 spiro atoms. The molecule has 0 unspecified atom stereocenters. The number of thiocarbonyl (C=S) groups is 1. The van der Waals surface area contributed by atoms with Gasteiger partial charge in [-0.1, -0.05) is 12.2 Å². The van der Waals surface area contributed by atoms with E-state index in [0.29, 0.717) is 6.04 Å². The van der Waals surface area contributed by atoms with E-state index < -0.39 is 0 Å². The second-order valence-electron chi connectivity index (χ2n) is 4.73. The number of hydrogen-bond acceptors (Lipinski definition) is 5. The topological polar surface area (TPSA) is 51.4 Å². The van der Waals surface area contributed by atoms with Gasteiger partial charge in [0.15, 0.2) is 0 Å². The number of aromatic nitrogens is 2. The van der Waals surface area contributed by atoms with Crippen molar-refractivity contribution in [3.63, 3.8) is 0 Å². The monoisotopic (exact) mass is 277 g/mol. The van der Waals surface area contributed by atoms with Crippen LogP contribution in [0.5, 0.6) is 0 Å². The van der Waals surface area contributed by atoms with Crippen molar-refractivity contribution in [2.24, 2.45) is 0 Å². The summed E-state index contributed by atoms with van der Waals surface area (Å²) in [5.41, 5.74) is 2.47. The fourth-order valence-electron chi connectivity index (χ4n) is 2.36. The van der Waals surface area contributed by atoms with E-state index in [4.69, 9.17) is 21.6 Å². The highest BCUT2D eigenvalue weighted by molar-refractivity contribution is 7.80. The first-order valence-corrected chi connectivity index (χ1v) is 6.74. The number of rotatable bonds is 2. The molecule has 19 heavy (non-hydrogen) atoms. The van der Waals surface area contributed by atoms with Crippen molar-refractivity contribution in [1.82, 2.24) is 15.2 Å². The molecule has 0 radical (unpaired) electrons. The minimum Gasteiger partial charge on any atom is -0.381 e. The fraction of sp³-hybridized carbons (Fsp3) is 0.462. The summed E-state index contributed by atoms with van der Waals surface area (Å²) in [7, 11) is 2.05. The maximum absolute atomic E-state index is 5.57. The molecule has 0 saturated carbocycles. The number of hydrogen-bond donors (Lipinski definition) is 0. The van der Waals surface area contributed by atoms with Crippen LogP contribution in [0.15, 0.2) is 22.8 Å². The predicted molar refractivity (Wildman–Crippen MR) is 75.1 cm³/mol. The Labute approximate surface area is 116 Å². The van der Waals surface area contributed by atoms with Crippen molar-refractivity contribution in [3.8, 4) is 0 Å². The van der Waals surface area contributed by atoms with Crippen LogP contribution < -0.4 is 0 Å². The maximum Gasteiger partial charge on any atom is 0.135 e. The molecule has 0 N–H and O–H groups in total. The lowest BCUT2D eigenvalue weighted by atomic mass is 10.1. The van der Waals surface area contributed by atoms with E-state index in [-0.39, 0.29) is 0 Å². The Morgan fingerprint density at radius 3 is 2.79 bits per heavy atom. The highest BCUT2D eigenvalue weighted by Gasteiger charge is 2.21. The van der Waals surface area contributed by atoms with Gasteiger partial charge >= 0.3 is 0 Å². The van der Waals surface area contributed by atoms with Gasteiger partial charge in [-0.15, -0.1) is 0 Å². The molecule has 1 aliphatic rings. The first-order chi connectivity index (χ1) is 9.25. The summed E-state index contributed by atoms with van der Waals surface area (Å²) in [5.74, 6) is 0. The predicted octanol–water partition coefficient (Wildman–Crippen LogP) is 2.01. The van der Waals surface area contributed by atoms with E-state index in [2.05, 4.69) is 15.2 Å². The van der Waals surface area contributed by atoms with Crippen molar-refractivity contribution in [3.05, 3.63) is 23.8 Å². The molecule has 0 atom stereocenters. The summed E-state index contributed by atoms with van der Waals surface area (Å²) in [4.78, 5) is 2.99. The van der Waals surface area contributed by atoms with E-state index in [1.54, 1.807) is 0 Å². The lowest BCUT2D eigenvalue weighted by Gasteiger charge is -2.33. The Balaban J connectivity index is 1.81. The Kier molecular flexibility index (Phi) is 3.44. The zero-order valence-corrected chi connectivity index (χ0v) is 11.5. The summed E-state index contributed by atoms with van der Waals surface area (Å²) in [6.45, 7) is 1.62. The molecule has 1 aliphatic heterocycles. The number of ether oxygens (including phenoxy) is 1. The SMILES string of the molecule is CN(C(=S)c1ccc2nonc2c1)C1CCOCC1. The zero-order valence-electron chi connectivity index (χ0n) is 10.7. The highest BCUT2D eigenvalue weighted by Crippen LogP contribution is 2.18. The van der Waals surface area contributed by atoms with Crippen LogP contribution in [0.1, 0.15) is 18.4 Å². The van der Waals surface area contributed by atoms with Crippen LogP contribution in [-0.2, 0) is 4.74 Å². The lowest BCUT2D eigenvalue weighted by molar-refractivity contribution is 0.0611. The largest absolute Gasteiger partial charge is 0.381 e. The van der Waals surface area contributed by atoms with Crippen LogP contribution in [0.4, 0.5) is 0 Å². The highest BCUT2D eigenvalue weighted by atomic mass is 32.1. The first-order valence-electron chi connectivity index (χ1n) is 6.33. The molecule has 1 saturated heterocycles. The van der Waals surface area contributed by atoms with Crippen LogP contribution in [-0.4, -0.2) is 46.5 Å². The summed E-state index contributed by atoms with van der Waals surface area (Å²) in [6, 6.07) is 6.22. The normalized spacial score (nSPS) is 16.7. The van der Waals surface area contributed by atoms with Gasteiger partial charge in [0.1, 0.15) is 16.0 Å². The van der Waals surface area contributed by atoms with Gasteiger partial charge in [0.2, 0.25) is 0 Å². The van der Waals surface area contributed by atoms with Crippen molar-refractivity contribution in [1.29, 1.82) is 0 Å².